The summed E-state index contributed by atoms with van der Waals surface area (Å²) in [6, 6.07) is 10.0. The number of hydrogen-bond acceptors (Lipinski definition) is 5. The third-order valence-corrected chi connectivity index (χ3v) is 3.13. The van der Waals surface area contributed by atoms with Gasteiger partial charge in [-0.15, -0.1) is 0 Å². The van der Waals surface area contributed by atoms with Gasteiger partial charge < -0.3 is 9.84 Å². The van der Waals surface area contributed by atoms with Crippen molar-refractivity contribution < 1.29 is 4.52 Å². The molecule has 1 atom stereocenters. The Morgan fingerprint density at radius 3 is 2.89 bits per heavy atom. The van der Waals surface area contributed by atoms with Gasteiger partial charge in [-0.05, 0) is 25.4 Å². The van der Waals surface area contributed by atoms with Gasteiger partial charge in [-0.3, -0.25) is 4.98 Å². The predicted octanol–water partition coefficient (Wildman–Crippen LogP) is 2.57. The van der Waals surface area contributed by atoms with Crippen molar-refractivity contribution in [2.24, 2.45) is 0 Å². The van der Waals surface area contributed by atoms with Crippen LogP contribution in [0.15, 0.2) is 41.1 Å². The SMILES string of the molecule is CNC(C)c1nc(-c2nccc3ccccc23)no1. The number of aromatic nitrogens is 3. The van der Waals surface area contributed by atoms with E-state index < -0.39 is 0 Å². The van der Waals surface area contributed by atoms with Crippen molar-refractivity contribution in [3.8, 4) is 11.5 Å². The Morgan fingerprint density at radius 2 is 2.05 bits per heavy atom. The number of nitrogens with one attached hydrogen (secondary N) is 1. The van der Waals surface area contributed by atoms with E-state index in [0.29, 0.717) is 11.7 Å². The van der Waals surface area contributed by atoms with Gasteiger partial charge in [-0.25, -0.2) is 0 Å². The molecule has 1 aromatic carbocycles. The number of fused-ring (bicyclic) bond motifs is 1. The molecule has 0 aliphatic rings. The van der Waals surface area contributed by atoms with Gasteiger partial charge in [-0.2, -0.15) is 4.98 Å². The zero-order valence-corrected chi connectivity index (χ0v) is 10.8. The van der Waals surface area contributed by atoms with E-state index in [1.165, 1.54) is 0 Å². The second-order valence-corrected chi connectivity index (χ2v) is 4.35. The van der Waals surface area contributed by atoms with Gasteiger partial charge in [0.25, 0.3) is 0 Å². The standard InChI is InChI=1S/C14H14N4O/c1-9(15-2)14-17-13(18-19-14)12-11-6-4-3-5-10(11)7-8-16-12/h3-9,15H,1-2H3. The lowest BCUT2D eigenvalue weighted by Crippen LogP contribution is -2.12. The molecule has 96 valence electrons. The van der Waals surface area contributed by atoms with E-state index in [2.05, 4.69) is 20.4 Å². The molecule has 0 bridgehead atoms. The zero-order valence-electron chi connectivity index (χ0n) is 10.8. The summed E-state index contributed by atoms with van der Waals surface area (Å²) in [5, 5.41) is 9.22. The lowest BCUT2D eigenvalue weighted by atomic mass is 10.1. The van der Waals surface area contributed by atoms with Gasteiger partial charge >= 0.3 is 0 Å². The molecule has 3 aromatic rings. The number of hydrogen-bond donors (Lipinski definition) is 1. The second-order valence-electron chi connectivity index (χ2n) is 4.35. The van der Waals surface area contributed by atoms with Crippen LogP contribution in [0.4, 0.5) is 0 Å². The Bertz CT molecular complexity index is 702. The van der Waals surface area contributed by atoms with Gasteiger partial charge in [0.1, 0.15) is 5.69 Å². The number of nitrogens with zero attached hydrogens (tertiary/aromatic N) is 3. The minimum Gasteiger partial charge on any atom is -0.337 e. The first kappa shape index (κ1) is 11.8. The van der Waals surface area contributed by atoms with Gasteiger partial charge in [0, 0.05) is 11.6 Å². The van der Waals surface area contributed by atoms with Gasteiger partial charge in [0.05, 0.1) is 6.04 Å². The normalized spacial score (nSPS) is 12.7. The van der Waals surface area contributed by atoms with E-state index in [0.717, 1.165) is 16.5 Å². The van der Waals surface area contributed by atoms with Crippen LogP contribution in [0.5, 0.6) is 0 Å². The topological polar surface area (TPSA) is 63.8 Å². The maximum absolute atomic E-state index is 5.26. The van der Waals surface area contributed by atoms with Crippen LogP contribution in [0.3, 0.4) is 0 Å². The van der Waals surface area contributed by atoms with E-state index in [1.807, 2.05) is 44.3 Å². The van der Waals surface area contributed by atoms with E-state index >= 15 is 0 Å². The van der Waals surface area contributed by atoms with Gasteiger partial charge in [0.2, 0.25) is 11.7 Å². The largest absolute Gasteiger partial charge is 0.337 e. The molecule has 0 radical (unpaired) electrons. The number of pyridine rings is 1. The van der Waals surface area contributed by atoms with Gasteiger partial charge in [0.15, 0.2) is 0 Å². The molecule has 0 fully saturated rings. The maximum atomic E-state index is 5.26. The zero-order chi connectivity index (χ0) is 13.2. The molecule has 5 nitrogen and oxygen atoms in total. The molecule has 0 aliphatic heterocycles. The summed E-state index contributed by atoms with van der Waals surface area (Å²) >= 11 is 0. The smallest absolute Gasteiger partial charge is 0.243 e. The summed E-state index contributed by atoms with van der Waals surface area (Å²) < 4.78 is 5.26. The molecule has 3 rings (SSSR count). The molecule has 0 spiro atoms. The third kappa shape index (κ3) is 2.08. The fourth-order valence-electron chi connectivity index (χ4n) is 1.93. The summed E-state index contributed by atoms with van der Waals surface area (Å²) in [4.78, 5) is 8.77. The summed E-state index contributed by atoms with van der Waals surface area (Å²) in [5.41, 5.74) is 0.747. The fraction of sp³-hybridized carbons (Fsp3) is 0.214. The van der Waals surface area contributed by atoms with Crippen molar-refractivity contribution in [3.05, 3.63) is 42.4 Å². The molecule has 0 saturated carbocycles. The van der Waals surface area contributed by atoms with Crippen molar-refractivity contribution >= 4 is 10.8 Å². The van der Waals surface area contributed by atoms with Crippen LogP contribution in [-0.4, -0.2) is 22.2 Å². The van der Waals surface area contributed by atoms with Crippen LogP contribution in [0, 0.1) is 0 Å². The first-order valence-corrected chi connectivity index (χ1v) is 6.14. The molecule has 1 N–H and O–H groups in total. The fourth-order valence-corrected chi connectivity index (χ4v) is 1.93. The highest BCUT2D eigenvalue weighted by molar-refractivity contribution is 5.92. The number of benzene rings is 1. The molecule has 5 heteroatoms. The molecular weight excluding hydrogens is 240 g/mol. The van der Waals surface area contributed by atoms with E-state index in [-0.39, 0.29) is 6.04 Å². The Kier molecular flexibility index (Phi) is 2.97. The van der Waals surface area contributed by atoms with Crippen LogP contribution in [0.2, 0.25) is 0 Å². The lowest BCUT2D eigenvalue weighted by Gasteiger charge is -2.02. The average Bonchev–Trinajstić information content (AvgIpc) is 2.95. The lowest BCUT2D eigenvalue weighted by molar-refractivity contribution is 0.347. The highest BCUT2D eigenvalue weighted by Gasteiger charge is 2.15. The molecule has 2 aromatic heterocycles. The quantitative estimate of drug-likeness (QED) is 0.778. The molecular formula is C14H14N4O. The molecule has 1 unspecified atom stereocenters. The summed E-state index contributed by atoms with van der Waals surface area (Å²) in [7, 11) is 1.85. The third-order valence-electron chi connectivity index (χ3n) is 3.13. The first-order chi connectivity index (χ1) is 9.29. The monoisotopic (exact) mass is 254 g/mol. The Labute approximate surface area is 110 Å². The molecule has 0 saturated heterocycles. The van der Waals surface area contributed by atoms with Crippen LogP contribution in [0.25, 0.3) is 22.3 Å². The second kappa shape index (κ2) is 4.78. The Morgan fingerprint density at radius 1 is 1.21 bits per heavy atom. The molecule has 0 amide bonds. The van der Waals surface area contributed by atoms with Crippen LogP contribution < -0.4 is 5.32 Å². The van der Waals surface area contributed by atoms with Crippen molar-refractivity contribution in [1.29, 1.82) is 0 Å². The first-order valence-electron chi connectivity index (χ1n) is 6.14. The van der Waals surface area contributed by atoms with Crippen molar-refractivity contribution in [2.75, 3.05) is 7.05 Å². The summed E-state index contributed by atoms with van der Waals surface area (Å²) in [6.45, 7) is 1.97. The molecule has 2 heterocycles. The van der Waals surface area contributed by atoms with E-state index in [1.54, 1.807) is 6.20 Å². The van der Waals surface area contributed by atoms with E-state index in [9.17, 15) is 0 Å². The minimum absolute atomic E-state index is 0.0243. The maximum Gasteiger partial charge on any atom is 0.243 e. The Hall–Kier alpha value is -2.27. The van der Waals surface area contributed by atoms with Gasteiger partial charge in [-0.1, -0.05) is 29.4 Å². The Balaban J connectivity index is 2.12. The highest BCUT2D eigenvalue weighted by Crippen LogP contribution is 2.24. The highest BCUT2D eigenvalue weighted by atomic mass is 16.5. The van der Waals surface area contributed by atoms with Crippen LogP contribution in [-0.2, 0) is 0 Å². The van der Waals surface area contributed by atoms with Crippen LogP contribution >= 0.6 is 0 Å². The molecule has 19 heavy (non-hydrogen) atoms. The van der Waals surface area contributed by atoms with Crippen molar-refractivity contribution in [3.63, 3.8) is 0 Å². The summed E-state index contributed by atoms with van der Waals surface area (Å²) in [6.07, 6.45) is 1.76. The molecule has 0 aliphatic carbocycles. The summed E-state index contributed by atoms with van der Waals surface area (Å²) in [5.74, 6) is 1.08. The van der Waals surface area contributed by atoms with Crippen molar-refractivity contribution in [1.82, 2.24) is 20.4 Å². The average molecular weight is 254 g/mol. The predicted molar refractivity (Wildman–Crippen MR) is 72.5 cm³/mol. The van der Waals surface area contributed by atoms with Crippen LogP contribution in [0.1, 0.15) is 18.9 Å². The minimum atomic E-state index is 0.0243. The van der Waals surface area contributed by atoms with E-state index in [4.69, 9.17) is 4.52 Å². The van der Waals surface area contributed by atoms with Crippen molar-refractivity contribution in [2.45, 2.75) is 13.0 Å². The number of rotatable bonds is 3.